The maximum atomic E-state index is 11.7. The molecule has 0 bridgehead atoms. The van der Waals surface area contributed by atoms with Crippen molar-refractivity contribution >= 4 is 40.5 Å². The number of hydrogen-bond donors (Lipinski definition) is 2. The minimum Gasteiger partial charge on any atom is -0.399 e. The highest BCUT2D eigenvalue weighted by Crippen LogP contribution is 2.23. The Morgan fingerprint density at radius 3 is 2.89 bits per heavy atom. The lowest BCUT2D eigenvalue weighted by atomic mass is 10.3. The van der Waals surface area contributed by atoms with Crippen molar-refractivity contribution in [1.29, 1.82) is 0 Å². The van der Waals surface area contributed by atoms with E-state index >= 15 is 0 Å². The number of halogens is 2. The Hall–Kier alpha value is -1.72. The van der Waals surface area contributed by atoms with Gasteiger partial charge in [0.2, 0.25) is 5.91 Å². The van der Waals surface area contributed by atoms with Crippen LogP contribution in [-0.2, 0) is 11.3 Å². The van der Waals surface area contributed by atoms with Gasteiger partial charge < -0.3 is 11.1 Å². The molecule has 5 nitrogen and oxygen atoms in total. The molecule has 2 aromatic rings. The molecular formula is C11H10Cl2N4O. The fourth-order valence-electron chi connectivity index (χ4n) is 1.40. The summed E-state index contributed by atoms with van der Waals surface area (Å²) in [6, 6.07) is 4.87. The van der Waals surface area contributed by atoms with Crippen LogP contribution in [0.5, 0.6) is 0 Å². The van der Waals surface area contributed by atoms with E-state index < -0.39 is 0 Å². The van der Waals surface area contributed by atoms with Crippen LogP contribution < -0.4 is 11.1 Å². The summed E-state index contributed by atoms with van der Waals surface area (Å²) < 4.78 is 1.43. The number of rotatable bonds is 3. The molecule has 0 fully saturated rings. The predicted octanol–water partition coefficient (Wildman–Crippen LogP) is 2.41. The molecular weight excluding hydrogens is 275 g/mol. The van der Waals surface area contributed by atoms with Crippen LogP contribution in [0.2, 0.25) is 10.0 Å². The third kappa shape index (κ3) is 3.15. The van der Waals surface area contributed by atoms with Crippen LogP contribution in [0.1, 0.15) is 0 Å². The Morgan fingerprint density at radius 1 is 1.44 bits per heavy atom. The van der Waals surface area contributed by atoms with Crippen molar-refractivity contribution in [2.45, 2.75) is 6.54 Å². The number of carbonyl (C=O) groups excluding carboxylic acids is 1. The van der Waals surface area contributed by atoms with Crippen LogP contribution in [-0.4, -0.2) is 15.7 Å². The molecule has 0 unspecified atom stereocenters. The minimum atomic E-state index is -0.262. The second-order valence-electron chi connectivity index (χ2n) is 3.64. The van der Waals surface area contributed by atoms with Gasteiger partial charge in [0, 0.05) is 11.9 Å². The van der Waals surface area contributed by atoms with Crippen molar-refractivity contribution in [3.8, 4) is 0 Å². The van der Waals surface area contributed by atoms with E-state index in [1.54, 1.807) is 24.4 Å². The average Bonchev–Trinajstić information content (AvgIpc) is 2.69. The van der Waals surface area contributed by atoms with E-state index in [-0.39, 0.29) is 12.5 Å². The second-order valence-corrected chi connectivity index (χ2v) is 4.49. The third-order valence-electron chi connectivity index (χ3n) is 2.17. The van der Waals surface area contributed by atoms with Crippen LogP contribution in [0.3, 0.4) is 0 Å². The fourth-order valence-corrected chi connectivity index (χ4v) is 1.72. The molecule has 2 rings (SSSR count). The molecule has 0 aliphatic carbocycles. The zero-order valence-electron chi connectivity index (χ0n) is 9.23. The van der Waals surface area contributed by atoms with Crippen molar-refractivity contribution in [2.75, 3.05) is 11.1 Å². The van der Waals surface area contributed by atoms with Gasteiger partial charge in [-0.1, -0.05) is 23.2 Å². The summed E-state index contributed by atoms with van der Waals surface area (Å²) in [5, 5.41) is 7.46. The topological polar surface area (TPSA) is 72.9 Å². The number of nitrogen functional groups attached to an aromatic ring is 1. The summed E-state index contributed by atoms with van der Waals surface area (Å²) in [5.41, 5.74) is 6.61. The third-order valence-corrected chi connectivity index (χ3v) is 2.70. The highest BCUT2D eigenvalue weighted by molar-refractivity contribution is 6.33. The van der Waals surface area contributed by atoms with E-state index in [4.69, 9.17) is 28.9 Å². The summed E-state index contributed by atoms with van der Waals surface area (Å²) in [7, 11) is 0. The maximum absolute atomic E-state index is 11.7. The Labute approximate surface area is 113 Å². The molecule has 0 radical (unpaired) electrons. The van der Waals surface area contributed by atoms with Gasteiger partial charge in [-0.2, -0.15) is 5.10 Å². The van der Waals surface area contributed by atoms with Gasteiger partial charge in [-0.15, -0.1) is 0 Å². The fraction of sp³-hybridized carbons (Fsp3) is 0.0909. The van der Waals surface area contributed by atoms with Crippen LogP contribution in [0, 0.1) is 0 Å². The first kappa shape index (κ1) is 12.7. The lowest BCUT2D eigenvalue weighted by Crippen LogP contribution is -2.19. The Bertz CT molecular complexity index is 582. The highest BCUT2D eigenvalue weighted by atomic mass is 35.5. The molecule has 18 heavy (non-hydrogen) atoms. The molecule has 0 saturated heterocycles. The first-order valence-corrected chi connectivity index (χ1v) is 5.83. The number of carbonyl (C=O) groups is 1. The standard InChI is InChI=1S/C11H10Cl2N4O/c12-7-4-15-17(5-7)6-11(18)16-10-3-8(14)1-2-9(10)13/h1-5H,6,14H2,(H,16,18). The number of amides is 1. The molecule has 0 saturated carbocycles. The number of anilines is 2. The van der Waals surface area contributed by atoms with Gasteiger partial charge in [0.25, 0.3) is 0 Å². The number of hydrogen-bond acceptors (Lipinski definition) is 3. The van der Waals surface area contributed by atoms with E-state index in [0.717, 1.165) is 0 Å². The smallest absolute Gasteiger partial charge is 0.246 e. The zero-order valence-corrected chi connectivity index (χ0v) is 10.7. The predicted molar refractivity (Wildman–Crippen MR) is 71.7 cm³/mol. The van der Waals surface area contributed by atoms with Gasteiger partial charge in [0.05, 0.1) is 21.9 Å². The van der Waals surface area contributed by atoms with Crippen molar-refractivity contribution < 1.29 is 4.79 Å². The number of nitrogens with two attached hydrogens (primary N) is 1. The van der Waals surface area contributed by atoms with Crippen LogP contribution in [0.4, 0.5) is 11.4 Å². The Kier molecular flexibility index (Phi) is 3.74. The van der Waals surface area contributed by atoms with Gasteiger partial charge in [-0.05, 0) is 18.2 Å². The normalized spacial score (nSPS) is 10.3. The molecule has 1 aromatic heterocycles. The minimum absolute atomic E-state index is 0.0534. The molecule has 0 atom stereocenters. The first-order chi connectivity index (χ1) is 8.54. The molecule has 0 aliphatic heterocycles. The molecule has 0 spiro atoms. The van der Waals surface area contributed by atoms with Crippen molar-refractivity contribution in [3.63, 3.8) is 0 Å². The number of nitrogens with zero attached hydrogens (tertiary/aromatic N) is 2. The van der Waals surface area contributed by atoms with Gasteiger partial charge in [0.1, 0.15) is 6.54 Å². The van der Waals surface area contributed by atoms with E-state index in [1.807, 2.05) is 0 Å². The quantitative estimate of drug-likeness (QED) is 0.850. The van der Waals surface area contributed by atoms with E-state index in [0.29, 0.717) is 21.4 Å². The van der Waals surface area contributed by atoms with E-state index in [2.05, 4.69) is 10.4 Å². The van der Waals surface area contributed by atoms with Crippen molar-refractivity contribution in [1.82, 2.24) is 9.78 Å². The van der Waals surface area contributed by atoms with Crippen LogP contribution in [0.25, 0.3) is 0 Å². The van der Waals surface area contributed by atoms with Gasteiger partial charge >= 0.3 is 0 Å². The molecule has 0 aliphatic rings. The lowest BCUT2D eigenvalue weighted by molar-refractivity contribution is -0.116. The highest BCUT2D eigenvalue weighted by Gasteiger charge is 2.07. The summed E-state index contributed by atoms with van der Waals surface area (Å²) in [6.07, 6.45) is 3.02. The Balaban J connectivity index is 2.05. The molecule has 7 heteroatoms. The number of nitrogens with one attached hydrogen (secondary N) is 1. The number of aromatic nitrogens is 2. The number of benzene rings is 1. The maximum Gasteiger partial charge on any atom is 0.246 e. The van der Waals surface area contributed by atoms with Crippen LogP contribution in [0.15, 0.2) is 30.6 Å². The van der Waals surface area contributed by atoms with E-state index in [9.17, 15) is 4.79 Å². The summed E-state index contributed by atoms with van der Waals surface area (Å²) >= 11 is 11.6. The van der Waals surface area contributed by atoms with Gasteiger partial charge in [-0.3, -0.25) is 9.48 Å². The second kappa shape index (κ2) is 5.29. The van der Waals surface area contributed by atoms with Crippen LogP contribution >= 0.6 is 23.2 Å². The molecule has 1 heterocycles. The van der Waals surface area contributed by atoms with Crippen molar-refractivity contribution in [2.24, 2.45) is 0 Å². The monoisotopic (exact) mass is 284 g/mol. The SMILES string of the molecule is Nc1ccc(Cl)c(NC(=O)Cn2cc(Cl)cn2)c1. The Morgan fingerprint density at radius 2 is 2.22 bits per heavy atom. The largest absolute Gasteiger partial charge is 0.399 e. The molecule has 1 aromatic carbocycles. The van der Waals surface area contributed by atoms with Gasteiger partial charge in [-0.25, -0.2) is 0 Å². The average molecular weight is 285 g/mol. The summed E-state index contributed by atoms with van der Waals surface area (Å²) in [6.45, 7) is 0.0534. The van der Waals surface area contributed by atoms with E-state index in [1.165, 1.54) is 10.9 Å². The molecule has 3 N–H and O–H groups in total. The van der Waals surface area contributed by atoms with Crippen molar-refractivity contribution in [3.05, 3.63) is 40.6 Å². The first-order valence-electron chi connectivity index (χ1n) is 5.07. The van der Waals surface area contributed by atoms with Gasteiger partial charge in [0.15, 0.2) is 0 Å². The molecule has 1 amide bonds. The lowest BCUT2D eigenvalue weighted by Gasteiger charge is -2.08. The summed E-state index contributed by atoms with van der Waals surface area (Å²) in [5.74, 6) is -0.262. The zero-order chi connectivity index (χ0) is 13.1. The molecule has 94 valence electrons. The summed E-state index contributed by atoms with van der Waals surface area (Å²) in [4.78, 5) is 11.7.